The molecule has 0 unspecified atom stereocenters. The molecule has 1 fully saturated rings. The minimum atomic E-state index is -0.494. The number of benzene rings is 1. The first-order valence-corrected chi connectivity index (χ1v) is 10.2. The molecule has 2 heterocycles. The number of hydrogen-bond acceptors (Lipinski definition) is 4. The number of fused-ring (bicyclic) bond motifs is 1. The first-order valence-electron chi connectivity index (χ1n) is 10.2. The molecule has 0 aliphatic heterocycles. The monoisotopic (exact) mass is 405 g/mol. The highest BCUT2D eigenvalue weighted by Crippen LogP contribution is 2.41. The van der Waals surface area contributed by atoms with Crippen LogP contribution in [0.25, 0.3) is 11.0 Å². The molecule has 3 N–H and O–H groups in total. The van der Waals surface area contributed by atoms with Crippen molar-refractivity contribution >= 4 is 28.5 Å². The number of rotatable bonds is 4. The second-order valence-electron chi connectivity index (χ2n) is 9.08. The van der Waals surface area contributed by atoms with Crippen molar-refractivity contribution in [3.8, 4) is 0 Å². The molecule has 3 aromatic rings. The number of pyridine rings is 1. The average molecular weight is 406 g/mol. The quantitative estimate of drug-likeness (QED) is 0.684. The van der Waals surface area contributed by atoms with Crippen molar-refractivity contribution in [1.82, 2.24) is 14.8 Å². The molecule has 30 heavy (non-hydrogen) atoms. The second-order valence-corrected chi connectivity index (χ2v) is 9.08. The van der Waals surface area contributed by atoms with Gasteiger partial charge in [0.1, 0.15) is 0 Å². The van der Waals surface area contributed by atoms with Gasteiger partial charge in [-0.3, -0.25) is 9.59 Å². The van der Waals surface area contributed by atoms with E-state index in [1.54, 1.807) is 18.2 Å². The van der Waals surface area contributed by atoms with Gasteiger partial charge in [0.2, 0.25) is 5.91 Å². The van der Waals surface area contributed by atoms with E-state index in [0.29, 0.717) is 22.7 Å². The van der Waals surface area contributed by atoms with Crippen molar-refractivity contribution in [3.63, 3.8) is 0 Å². The molecule has 1 saturated carbocycles. The number of aryl methyl sites for hydroxylation is 2. The van der Waals surface area contributed by atoms with Gasteiger partial charge >= 0.3 is 0 Å². The lowest BCUT2D eigenvalue weighted by atomic mass is 10.0. The molecule has 1 aliphatic carbocycles. The van der Waals surface area contributed by atoms with Crippen LogP contribution in [0.4, 0.5) is 5.69 Å². The summed E-state index contributed by atoms with van der Waals surface area (Å²) in [6.07, 6.45) is 2.19. The molecule has 0 atom stereocenters. The highest BCUT2D eigenvalue weighted by atomic mass is 16.2. The van der Waals surface area contributed by atoms with Gasteiger partial charge in [-0.2, -0.15) is 5.10 Å². The molecule has 2 aromatic heterocycles. The van der Waals surface area contributed by atoms with Crippen LogP contribution >= 0.6 is 0 Å². The van der Waals surface area contributed by atoms with Crippen LogP contribution in [-0.4, -0.2) is 26.6 Å². The van der Waals surface area contributed by atoms with E-state index in [1.165, 1.54) is 0 Å². The maximum atomic E-state index is 13.3. The first-order chi connectivity index (χ1) is 14.1. The zero-order valence-corrected chi connectivity index (χ0v) is 18.0. The van der Waals surface area contributed by atoms with Crippen LogP contribution in [-0.2, 0) is 5.54 Å². The predicted molar refractivity (Wildman–Crippen MR) is 117 cm³/mol. The Kier molecular flexibility index (Phi) is 4.64. The number of nitrogens with one attached hydrogen (secondary N) is 1. The molecule has 0 bridgehead atoms. The Hall–Kier alpha value is -3.22. The molecular formula is C23H27N5O2. The topological polar surface area (TPSA) is 103 Å². The summed E-state index contributed by atoms with van der Waals surface area (Å²) in [6, 6.07) is 6.91. The number of amides is 2. The molecule has 4 rings (SSSR count). The van der Waals surface area contributed by atoms with Crippen LogP contribution in [0.1, 0.15) is 77.2 Å². The fraction of sp³-hybridized carbons (Fsp3) is 0.391. The summed E-state index contributed by atoms with van der Waals surface area (Å²) >= 11 is 0. The van der Waals surface area contributed by atoms with Crippen LogP contribution in [0, 0.1) is 13.8 Å². The van der Waals surface area contributed by atoms with E-state index >= 15 is 0 Å². The molecule has 1 aliphatic rings. The summed E-state index contributed by atoms with van der Waals surface area (Å²) in [7, 11) is 0. The molecule has 7 nitrogen and oxygen atoms in total. The van der Waals surface area contributed by atoms with Crippen molar-refractivity contribution in [3.05, 3.63) is 52.3 Å². The lowest BCUT2D eigenvalue weighted by Gasteiger charge is -2.20. The number of carbonyl (C=O) groups is 2. The van der Waals surface area contributed by atoms with Gasteiger partial charge in [-0.05, 0) is 77.3 Å². The SMILES string of the molecule is Cc1cc(C(N)=O)ccc1NC(=O)c1cc(C2CC2)nc2c1c(C)nn2C(C)(C)C. The lowest BCUT2D eigenvalue weighted by Crippen LogP contribution is -2.24. The van der Waals surface area contributed by atoms with E-state index < -0.39 is 5.91 Å². The largest absolute Gasteiger partial charge is 0.366 e. The van der Waals surface area contributed by atoms with Crippen LogP contribution in [0.15, 0.2) is 24.3 Å². The van der Waals surface area contributed by atoms with Gasteiger partial charge < -0.3 is 11.1 Å². The van der Waals surface area contributed by atoms with Gasteiger partial charge in [-0.1, -0.05) is 0 Å². The Bertz CT molecular complexity index is 1180. The van der Waals surface area contributed by atoms with Gasteiger partial charge in [0.25, 0.3) is 5.91 Å². The minimum Gasteiger partial charge on any atom is -0.366 e. The van der Waals surface area contributed by atoms with Gasteiger partial charge in [0.15, 0.2) is 5.65 Å². The van der Waals surface area contributed by atoms with E-state index in [4.69, 9.17) is 15.8 Å². The van der Waals surface area contributed by atoms with E-state index in [2.05, 4.69) is 26.1 Å². The first kappa shape index (κ1) is 20.1. The maximum absolute atomic E-state index is 13.3. The van der Waals surface area contributed by atoms with Crippen LogP contribution in [0.3, 0.4) is 0 Å². The predicted octanol–water partition coefficient (Wildman–Crippen LogP) is 4.03. The molecule has 0 radical (unpaired) electrons. The zero-order valence-electron chi connectivity index (χ0n) is 18.0. The van der Waals surface area contributed by atoms with Crippen molar-refractivity contribution in [2.75, 3.05) is 5.32 Å². The highest BCUT2D eigenvalue weighted by molar-refractivity contribution is 6.13. The molecule has 1 aromatic carbocycles. The van der Waals surface area contributed by atoms with Crippen molar-refractivity contribution in [1.29, 1.82) is 0 Å². The fourth-order valence-electron chi connectivity index (χ4n) is 3.69. The summed E-state index contributed by atoms with van der Waals surface area (Å²) in [5.74, 6) is -0.303. The zero-order chi connectivity index (χ0) is 21.8. The molecule has 0 saturated heterocycles. The Labute approximate surface area is 175 Å². The van der Waals surface area contributed by atoms with E-state index in [-0.39, 0.29) is 11.4 Å². The fourth-order valence-corrected chi connectivity index (χ4v) is 3.69. The second kappa shape index (κ2) is 6.93. The summed E-state index contributed by atoms with van der Waals surface area (Å²) in [4.78, 5) is 29.6. The van der Waals surface area contributed by atoms with Crippen LogP contribution in [0.2, 0.25) is 0 Å². The Morgan fingerprint density at radius 2 is 1.87 bits per heavy atom. The van der Waals surface area contributed by atoms with Crippen LogP contribution < -0.4 is 11.1 Å². The van der Waals surface area contributed by atoms with Gasteiger partial charge in [-0.15, -0.1) is 0 Å². The summed E-state index contributed by atoms with van der Waals surface area (Å²) < 4.78 is 1.91. The molecule has 7 heteroatoms. The van der Waals surface area contributed by atoms with Gasteiger partial charge in [0.05, 0.1) is 22.2 Å². The van der Waals surface area contributed by atoms with Crippen molar-refractivity contribution < 1.29 is 9.59 Å². The minimum absolute atomic E-state index is 0.212. The number of carbonyl (C=O) groups excluding carboxylic acids is 2. The Morgan fingerprint density at radius 3 is 2.43 bits per heavy atom. The normalized spacial score (nSPS) is 14.2. The number of hydrogen-bond donors (Lipinski definition) is 2. The number of aromatic nitrogens is 3. The molecule has 156 valence electrons. The molecule has 2 amide bonds. The smallest absolute Gasteiger partial charge is 0.256 e. The van der Waals surface area contributed by atoms with Gasteiger partial charge in [0, 0.05) is 22.9 Å². The summed E-state index contributed by atoms with van der Waals surface area (Å²) in [5, 5.41) is 8.47. The third kappa shape index (κ3) is 3.56. The van der Waals surface area contributed by atoms with Gasteiger partial charge in [-0.25, -0.2) is 9.67 Å². The average Bonchev–Trinajstić information content (AvgIpc) is 3.45. The Morgan fingerprint density at radius 1 is 1.17 bits per heavy atom. The third-order valence-corrected chi connectivity index (χ3v) is 5.47. The number of primary amides is 1. The van der Waals surface area contributed by atoms with Crippen LogP contribution in [0.5, 0.6) is 0 Å². The number of nitrogens with two attached hydrogens (primary N) is 1. The Balaban J connectivity index is 1.81. The number of nitrogens with zero attached hydrogens (tertiary/aromatic N) is 3. The standard InChI is InChI=1S/C23H27N5O2/c1-12-10-15(20(24)29)8-9-17(12)26-22(30)16-11-18(14-6-7-14)25-21-19(16)13(2)27-28(21)23(3,4)5/h8-11,14H,6-7H2,1-5H3,(H2,24,29)(H,26,30). The lowest BCUT2D eigenvalue weighted by molar-refractivity contribution is 0.0998. The maximum Gasteiger partial charge on any atom is 0.256 e. The summed E-state index contributed by atoms with van der Waals surface area (Å²) in [6.45, 7) is 9.98. The highest BCUT2D eigenvalue weighted by Gasteiger charge is 2.30. The van der Waals surface area contributed by atoms with Crippen molar-refractivity contribution in [2.24, 2.45) is 5.73 Å². The van der Waals surface area contributed by atoms with E-state index in [1.807, 2.05) is 24.6 Å². The van der Waals surface area contributed by atoms with Crippen molar-refractivity contribution in [2.45, 2.75) is 58.9 Å². The van der Waals surface area contributed by atoms with E-state index in [9.17, 15) is 9.59 Å². The van der Waals surface area contributed by atoms with E-state index in [0.717, 1.165) is 40.8 Å². The molecular weight excluding hydrogens is 378 g/mol. The third-order valence-electron chi connectivity index (χ3n) is 5.47. The number of anilines is 1. The molecule has 0 spiro atoms. The summed E-state index contributed by atoms with van der Waals surface area (Å²) in [5.41, 5.74) is 9.97.